The molecule has 1 aromatic rings. The van der Waals surface area contributed by atoms with Gasteiger partial charge in [0.1, 0.15) is 5.75 Å². The van der Waals surface area contributed by atoms with E-state index in [1.165, 1.54) is 0 Å². The molecule has 1 aromatic carbocycles. The van der Waals surface area contributed by atoms with Crippen molar-refractivity contribution in [3.63, 3.8) is 0 Å². The summed E-state index contributed by atoms with van der Waals surface area (Å²) in [6.07, 6.45) is 0. The number of nitrogens with zero attached hydrogens (tertiary/aromatic N) is 1. The molecule has 1 aliphatic rings. The van der Waals surface area contributed by atoms with Gasteiger partial charge in [-0.05, 0) is 18.6 Å². The molecule has 1 heterocycles. The highest BCUT2D eigenvalue weighted by atomic mass is 16.3. The number of likely N-dealkylation sites (N-methyl/N-ethyl adjacent to an activating group) is 1. The van der Waals surface area contributed by atoms with Crippen LogP contribution in [-0.4, -0.2) is 18.1 Å². The summed E-state index contributed by atoms with van der Waals surface area (Å²) >= 11 is 0. The number of hydrogen-bond acceptors (Lipinski definition) is 2. The number of amides is 1. The van der Waals surface area contributed by atoms with E-state index in [1.807, 2.05) is 6.92 Å². The topological polar surface area (TPSA) is 40.5 Å². The second kappa shape index (κ2) is 2.49. The summed E-state index contributed by atoms with van der Waals surface area (Å²) in [5, 5.41) is 9.25. The second-order valence-electron chi connectivity index (χ2n) is 3.36. The SMILES string of the molecule is CC1C(=O)N(C)c2cc(O)ccc21. The van der Waals surface area contributed by atoms with Gasteiger partial charge in [-0.25, -0.2) is 0 Å². The average Bonchev–Trinajstić information content (AvgIpc) is 2.32. The van der Waals surface area contributed by atoms with Crippen molar-refractivity contribution in [1.29, 1.82) is 0 Å². The maximum Gasteiger partial charge on any atom is 0.234 e. The van der Waals surface area contributed by atoms with Crippen molar-refractivity contribution in [2.75, 3.05) is 11.9 Å². The summed E-state index contributed by atoms with van der Waals surface area (Å²) in [5.41, 5.74) is 1.81. The van der Waals surface area contributed by atoms with Gasteiger partial charge < -0.3 is 10.0 Å². The zero-order valence-electron chi connectivity index (χ0n) is 7.61. The van der Waals surface area contributed by atoms with Crippen LogP contribution in [0.1, 0.15) is 18.4 Å². The number of phenolic OH excluding ortho intramolecular Hbond substituents is 1. The highest BCUT2D eigenvalue weighted by Crippen LogP contribution is 2.37. The molecule has 0 spiro atoms. The number of carbonyl (C=O) groups is 1. The highest BCUT2D eigenvalue weighted by Gasteiger charge is 2.31. The number of anilines is 1. The lowest BCUT2D eigenvalue weighted by atomic mass is 10.0. The van der Waals surface area contributed by atoms with Crippen molar-refractivity contribution in [3.05, 3.63) is 23.8 Å². The molecule has 0 bridgehead atoms. The molecule has 1 amide bonds. The molecule has 0 saturated carbocycles. The van der Waals surface area contributed by atoms with Crippen LogP contribution >= 0.6 is 0 Å². The van der Waals surface area contributed by atoms with Gasteiger partial charge in [0, 0.05) is 13.1 Å². The van der Waals surface area contributed by atoms with Crippen LogP contribution in [0.15, 0.2) is 18.2 Å². The van der Waals surface area contributed by atoms with Crippen LogP contribution in [0.5, 0.6) is 5.75 Å². The first-order valence-electron chi connectivity index (χ1n) is 4.21. The fraction of sp³-hybridized carbons (Fsp3) is 0.300. The minimum absolute atomic E-state index is 0.0828. The quantitative estimate of drug-likeness (QED) is 0.652. The predicted molar refractivity (Wildman–Crippen MR) is 49.9 cm³/mol. The third-order valence-corrected chi connectivity index (χ3v) is 2.54. The van der Waals surface area contributed by atoms with Gasteiger partial charge in [-0.3, -0.25) is 4.79 Å². The number of aromatic hydroxyl groups is 1. The number of rotatable bonds is 0. The van der Waals surface area contributed by atoms with Crippen molar-refractivity contribution in [2.45, 2.75) is 12.8 Å². The lowest BCUT2D eigenvalue weighted by molar-refractivity contribution is -0.118. The van der Waals surface area contributed by atoms with Crippen molar-refractivity contribution < 1.29 is 9.90 Å². The molecule has 1 N–H and O–H groups in total. The Morgan fingerprint density at radius 2 is 2.15 bits per heavy atom. The summed E-state index contributed by atoms with van der Waals surface area (Å²) in [4.78, 5) is 13.1. The van der Waals surface area contributed by atoms with Gasteiger partial charge in [0.05, 0.1) is 11.6 Å². The fourth-order valence-electron chi connectivity index (χ4n) is 1.73. The van der Waals surface area contributed by atoms with Crippen LogP contribution in [0, 0.1) is 0 Å². The van der Waals surface area contributed by atoms with Crippen LogP contribution < -0.4 is 4.90 Å². The van der Waals surface area contributed by atoms with Gasteiger partial charge in [0.25, 0.3) is 0 Å². The van der Waals surface area contributed by atoms with Crippen LogP contribution in [0.4, 0.5) is 5.69 Å². The summed E-state index contributed by atoms with van der Waals surface area (Å²) < 4.78 is 0. The van der Waals surface area contributed by atoms with E-state index in [1.54, 1.807) is 30.1 Å². The largest absolute Gasteiger partial charge is 0.508 e. The van der Waals surface area contributed by atoms with Crippen LogP contribution in [0.3, 0.4) is 0 Å². The van der Waals surface area contributed by atoms with Gasteiger partial charge in [0.15, 0.2) is 0 Å². The van der Waals surface area contributed by atoms with E-state index in [-0.39, 0.29) is 17.6 Å². The molecule has 1 atom stereocenters. The Bertz CT molecular complexity index is 373. The Labute approximate surface area is 76.6 Å². The van der Waals surface area contributed by atoms with Crippen LogP contribution in [-0.2, 0) is 4.79 Å². The Balaban J connectivity index is 2.60. The first-order valence-corrected chi connectivity index (χ1v) is 4.21. The number of fused-ring (bicyclic) bond motifs is 1. The maximum absolute atomic E-state index is 11.5. The minimum Gasteiger partial charge on any atom is -0.508 e. The molecule has 3 nitrogen and oxygen atoms in total. The Kier molecular flexibility index (Phi) is 1.55. The normalized spacial score (nSPS) is 20.6. The Hall–Kier alpha value is -1.51. The zero-order valence-corrected chi connectivity index (χ0v) is 7.61. The standard InChI is InChI=1S/C10H11NO2/c1-6-8-4-3-7(12)5-9(8)11(2)10(6)13/h3-6,12H,1-2H3. The minimum atomic E-state index is -0.0828. The molecule has 13 heavy (non-hydrogen) atoms. The van der Waals surface area contributed by atoms with Crippen molar-refractivity contribution in [1.82, 2.24) is 0 Å². The van der Waals surface area contributed by atoms with Gasteiger partial charge in [-0.1, -0.05) is 6.07 Å². The second-order valence-corrected chi connectivity index (χ2v) is 3.36. The third kappa shape index (κ3) is 1.00. The molecular weight excluding hydrogens is 166 g/mol. The van der Waals surface area contributed by atoms with Gasteiger partial charge in [-0.2, -0.15) is 0 Å². The molecule has 1 aliphatic heterocycles. The lowest BCUT2D eigenvalue weighted by Crippen LogP contribution is -2.22. The van der Waals surface area contributed by atoms with E-state index in [2.05, 4.69) is 0 Å². The summed E-state index contributed by atoms with van der Waals surface area (Å²) in [7, 11) is 1.73. The first kappa shape index (κ1) is 8.10. The molecule has 0 aromatic heterocycles. The molecule has 0 radical (unpaired) electrons. The number of carbonyl (C=O) groups excluding carboxylic acids is 1. The molecule has 1 unspecified atom stereocenters. The van der Waals surface area contributed by atoms with Crippen molar-refractivity contribution >= 4 is 11.6 Å². The molecule has 0 fully saturated rings. The predicted octanol–water partition coefficient (Wildman–Crippen LogP) is 1.47. The number of hydrogen-bond donors (Lipinski definition) is 1. The smallest absolute Gasteiger partial charge is 0.234 e. The average molecular weight is 177 g/mol. The third-order valence-electron chi connectivity index (χ3n) is 2.54. The summed E-state index contributed by atoms with van der Waals surface area (Å²) in [6.45, 7) is 1.88. The first-order chi connectivity index (χ1) is 6.11. The summed E-state index contributed by atoms with van der Waals surface area (Å²) in [6, 6.07) is 5.04. The van der Waals surface area contributed by atoms with Crippen LogP contribution in [0.2, 0.25) is 0 Å². The van der Waals surface area contributed by atoms with E-state index in [0.29, 0.717) is 0 Å². The van der Waals surface area contributed by atoms with E-state index in [4.69, 9.17) is 0 Å². The van der Waals surface area contributed by atoms with Gasteiger partial charge in [-0.15, -0.1) is 0 Å². The van der Waals surface area contributed by atoms with E-state index < -0.39 is 0 Å². The van der Waals surface area contributed by atoms with Gasteiger partial charge >= 0.3 is 0 Å². The zero-order chi connectivity index (χ0) is 9.59. The van der Waals surface area contributed by atoms with E-state index in [0.717, 1.165) is 11.3 Å². The molecule has 0 aliphatic carbocycles. The highest BCUT2D eigenvalue weighted by molar-refractivity contribution is 6.04. The number of phenols is 1. The molecular formula is C10H11NO2. The molecule has 3 heteroatoms. The van der Waals surface area contributed by atoms with E-state index in [9.17, 15) is 9.90 Å². The van der Waals surface area contributed by atoms with Crippen LogP contribution in [0.25, 0.3) is 0 Å². The molecule has 0 saturated heterocycles. The Morgan fingerprint density at radius 1 is 1.46 bits per heavy atom. The van der Waals surface area contributed by atoms with Gasteiger partial charge in [0.2, 0.25) is 5.91 Å². The fourth-order valence-corrected chi connectivity index (χ4v) is 1.73. The number of benzene rings is 1. The molecule has 68 valence electrons. The monoisotopic (exact) mass is 177 g/mol. The van der Waals surface area contributed by atoms with Crippen molar-refractivity contribution in [3.8, 4) is 5.75 Å². The lowest BCUT2D eigenvalue weighted by Gasteiger charge is -2.09. The van der Waals surface area contributed by atoms with Crippen molar-refractivity contribution in [2.24, 2.45) is 0 Å². The Morgan fingerprint density at radius 3 is 2.85 bits per heavy atom. The maximum atomic E-state index is 11.5. The molecule has 2 rings (SSSR count). The summed E-state index contributed by atoms with van der Waals surface area (Å²) in [5.74, 6) is 0.202. The van der Waals surface area contributed by atoms with E-state index >= 15 is 0 Å².